The molecule has 4 heteroatoms. The molecule has 2 aromatic rings. The number of hydrogen-bond acceptors (Lipinski definition) is 3. The van der Waals surface area contributed by atoms with Gasteiger partial charge in [0.2, 0.25) is 0 Å². The third-order valence-electron chi connectivity index (χ3n) is 3.03. The van der Waals surface area contributed by atoms with E-state index in [2.05, 4.69) is 22.9 Å². The molecule has 3 nitrogen and oxygen atoms in total. The quantitative estimate of drug-likeness (QED) is 0.866. The Bertz CT molecular complexity index is 500. The molecule has 2 aromatic heterocycles. The van der Waals surface area contributed by atoms with E-state index in [1.165, 1.54) is 18.6 Å². The fourth-order valence-electron chi connectivity index (χ4n) is 2.22. The van der Waals surface area contributed by atoms with Crippen LogP contribution in [0.25, 0.3) is 5.65 Å². The van der Waals surface area contributed by atoms with Crippen LogP contribution in [-0.2, 0) is 6.42 Å². The molecular weight excluding hydrogens is 218 g/mol. The van der Waals surface area contributed by atoms with Crippen LogP contribution in [-0.4, -0.2) is 20.4 Å². The van der Waals surface area contributed by atoms with Gasteiger partial charge >= 0.3 is 0 Å². The van der Waals surface area contributed by atoms with Gasteiger partial charge in [-0.15, -0.1) is 0 Å². The second-order valence-corrected chi connectivity index (χ2v) is 5.66. The van der Waals surface area contributed by atoms with Crippen molar-refractivity contribution < 1.29 is 0 Å². The Kier molecular flexibility index (Phi) is 2.52. The summed E-state index contributed by atoms with van der Waals surface area (Å²) < 4.78 is 1.97. The van der Waals surface area contributed by atoms with Gasteiger partial charge in [0.15, 0.2) is 0 Å². The van der Waals surface area contributed by atoms with Gasteiger partial charge in [-0.3, -0.25) is 4.40 Å². The maximum Gasteiger partial charge on any atom is 0.138 e. The highest BCUT2D eigenvalue weighted by Gasteiger charge is 2.17. The zero-order valence-electron chi connectivity index (χ0n) is 9.10. The molecule has 1 fully saturated rings. The zero-order valence-corrected chi connectivity index (χ0v) is 9.91. The van der Waals surface area contributed by atoms with Crippen molar-refractivity contribution in [2.24, 2.45) is 0 Å². The maximum absolute atomic E-state index is 5.90. The summed E-state index contributed by atoms with van der Waals surface area (Å²) in [5, 5.41) is 0.756. The minimum atomic E-state index is 0.756. The molecule has 0 aromatic carbocycles. The van der Waals surface area contributed by atoms with Crippen molar-refractivity contribution in [3.63, 3.8) is 0 Å². The van der Waals surface area contributed by atoms with Crippen LogP contribution in [0.3, 0.4) is 0 Å². The summed E-state index contributed by atoms with van der Waals surface area (Å²) in [5.41, 5.74) is 8.02. The Morgan fingerprint density at radius 2 is 2.44 bits per heavy atom. The van der Waals surface area contributed by atoms with Crippen LogP contribution in [0, 0.1) is 0 Å². The number of anilines is 1. The number of nitrogen functional groups attached to an aromatic ring is 1. The monoisotopic (exact) mass is 233 g/mol. The molecule has 0 spiro atoms. The topological polar surface area (TPSA) is 43.3 Å². The third kappa shape index (κ3) is 1.78. The molecule has 1 unspecified atom stereocenters. The number of nitrogens with two attached hydrogens (primary N) is 1. The van der Waals surface area contributed by atoms with Gasteiger partial charge in [-0.1, -0.05) is 6.07 Å². The average Bonchev–Trinajstić information content (AvgIpc) is 2.88. The van der Waals surface area contributed by atoms with Gasteiger partial charge in [0.1, 0.15) is 11.5 Å². The van der Waals surface area contributed by atoms with Gasteiger partial charge in [0.25, 0.3) is 0 Å². The van der Waals surface area contributed by atoms with Crippen LogP contribution >= 0.6 is 11.8 Å². The number of hydrogen-bond donors (Lipinski definition) is 1. The Labute approximate surface area is 99.1 Å². The highest BCUT2D eigenvalue weighted by Crippen LogP contribution is 2.28. The molecule has 0 bridgehead atoms. The number of imidazole rings is 1. The molecule has 84 valence electrons. The summed E-state index contributed by atoms with van der Waals surface area (Å²) in [6.07, 6.45) is 5.83. The number of thioether (sulfide) groups is 1. The fraction of sp³-hybridized carbons (Fsp3) is 0.417. The smallest absolute Gasteiger partial charge is 0.138 e. The van der Waals surface area contributed by atoms with Crippen molar-refractivity contribution in [1.82, 2.24) is 9.38 Å². The first-order chi connectivity index (χ1) is 7.83. The van der Waals surface area contributed by atoms with E-state index in [4.69, 9.17) is 5.73 Å². The van der Waals surface area contributed by atoms with E-state index in [0.717, 1.165) is 28.8 Å². The highest BCUT2D eigenvalue weighted by atomic mass is 32.2. The van der Waals surface area contributed by atoms with Gasteiger partial charge in [-0.2, -0.15) is 11.8 Å². The van der Waals surface area contributed by atoms with Crippen molar-refractivity contribution in [2.45, 2.75) is 24.5 Å². The first kappa shape index (κ1) is 10.0. The van der Waals surface area contributed by atoms with E-state index < -0.39 is 0 Å². The molecule has 3 heterocycles. The number of pyridine rings is 1. The normalized spacial score (nSPS) is 20.6. The Morgan fingerprint density at radius 1 is 1.50 bits per heavy atom. The average molecular weight is 233 g/mol. The van der Waals surface area contributed by atoms with Crippen LogP contribution in [0.15, 0.2) is 24.4 Å². The molecule has 0 saturated carbocycles. The fourth-order valence-corrected chi connectivity index (χ4v) is 3.51. The Balaban J connectivity index is 1.90. The van der Waals surface area contributed by atoms with Crippen LogP contribution in [0.2, 0.25) is 0 Å². The number of nitrogens with zero attached hydrogens (tertiary/aromatic N) is 2. The lowest BCUT2D eigenvalue weighted by molar-refractivity contribution is 0.767. The second-order valence-electron chi connectivity index (χ2n) is 4.25. The minimum absolute atomic E-state index is 0.756. The summed E-state index contributed by atoms with van der Waals surface area (Å²) in [7, 11) is 0. The largest absolute Gasteiger partial charge is 0.385 e. The van der Waals surface area contributed by atoms with E-state index in [0.29, 0.717) is 0 Å². The lowest BCUT2D eigenvalue weighted by Crippen LogP contribution is -2.01. The summed E-state index contributed by atoms with van der Waals surface area (Å²) in [6.45, 7) is 0. The molecule has 1 aliphatic heterocycles. The zero-order chi connectivity index (χ0) is 11.0. The third-order valence-corrected chi connectivity index (χ3v) is 4.43. The first-order valence-electron chi connectivity index (χ1n) is 5.67. The number of fused-ring (bicyclic) bond motifs is 1. The van der Waals surface area contributed by atoms with Crippen LogP contribution < -0.4 is 5.73 Å². The van der Waals surface area contributed by atoms with Gasteiger partial charge in [-0.05, 0) is 30.7 Å². The molecular formula is C12H15N3S. The lowest BCUT2D eigenvalue weighted by Gasteiger charge is -2.03. The van der Waals surface area contributed by atoms with Crippen molar-refractivity contribution >= 4 is 23.2 Å². The predicted octanol–water partition coefficient (Wildman–Crippen LogP) is 2.35. The van der Waals surface area contributed by atoms with Crippen molar-refractivity contribution in [3.8, 4) is 0 Å². The van der Waals surface area contributed by atoms with Crippen LogP contribution in [0.1, 0.15) is 18.5 Å². The van der Waals surface area contributed by atoms with Gasteiger partial charge in [0.05, 0.1) is 5.69 Å². The van der Waals surface area contributed by atoms with Crippen LogP contribution in [0.4, 0.5) is 5.82 Å². The molecule has 0 aliphatic carbocycles. The van der Waals surface area contributed by atoms with Gasteiger partial charge in [0, 0.05) is 17.9 Å². The first-order valence-corrected chi connectivity index (χ1v) is 6.72. The van der Waals surface area contributed by atoms with Gasteiger partial charge in [-0.25, -0.2) is 4.98 Å². The molecule has 2 N–H and O–H groups in total. The van der Waals surface area contributed by atoms with Crippen molar-refractivity contribution in [3.05, 3.63) is 30.1 Å². The van der Waals surface area contributed by atoms with E-state index in [1.807, 2.05) is 22.6 Å². The van der Waals surface area contributed by atoms with E-state index in [1.54, 1.807) is 0 Å². The molecule has 1 aliphatic rings. The molecule has 16 heavy (non-hydrogen) atoms. The van der Waals surface area contributed by atoms with Crippen molar-refractivity contribution in [2.75, 3.05) is 11.5 Å². The second kappa shape index (κ2) is 4.01. The highest BCUT2D eigenvalue weighted by molar-refractivity contribution is 8.00. The minimum Gasteiger partial charge on any atom is -0.385 e. The van der Waals surface area contributed by atoms with E-state index in [-0.39, 0.29) is 0 Å². The molecule has 0 radical (unpaired) electrons. The molecule has 0 amide bonds. The number of rotatable bonds is 2. The van der Waals surface area contributed by atoms with Crippen LogP contribution in [0.5, 0.6) is 0 Å². The standard InChI is InChI=1S/C12H15N3S/c13-11-4-1-5-12-14-9(8-15(11)12)7-10-3-2-6-16-10/h1,4-5,8,10H,2-3,6-7,13H2. The SMILES string of the molecule is Nc1cccc2nc(CC3CCCS3)cn12. The summed E-state index contributed by atoms with van der Waals surface area (Å²) in [4.78, 5) is 4.61. The molecule has 1 saturated heterocycles. The summed E-state index contributed by atoms with van der Waals surface area (Å²) >= 11 is 2.07. The van der Waals surface area contributed by atoms with E-state index >= 15 is 0 Å². The molecule has 3 rings (SSSR count). The Hall–Kier alpha value is -1.16. The summed E-state index contributed by atoms with van der Waals surface area (Å²) in [5.74, 6) is 2.07. The lowest BCUT2D eigenvalue weighted by atomic mass is 10.2. The number of aromatic nitrogens is 2. The Morgan fingerprint density at radius 3 is 3.19 bits per heavy atom. The van der Waals surface area contributed by atoms with Crippen molar-refractivity contribution in [1.29, 1.82) is 0 Å². The predicted molar refractivity (Wildman–Crippen MR) is 68.8 cm³/mol. The summed E-state index contributed by atoms with van der Waals surface area (Å²) in [6, 6.07) is 5.86. The van der Waals surface area contributed by atoms with Gasteiger partial charge < -0.3 is 5.73 Å². The van der Waals surface area contributed by atoms with E-state index in [9.17, 15) is 0 Å². The maximum atomic E-state index is 5.90. The molecule has 1 atom stereocenters.